The first-order chi connectivity index (χ1) is 12.7. The van der Waals surface area contributed by atoms with Gasteiger partial charge in [-0.15, -0.1) is 0 Å². The van der Waals surface area contributed by atoms with Crippen LogP contribution in [0.3, 0.4) is 0 Å². The molecule has 0 aliphatic rings. The molecule has 3 aromatic rings. The van der Waals surface area contributed by atoms with Gasteiger partial charge in [-0.1, -0.05) is 48.5 Å². The van der Waals surface area contributed by atoms with Crippen LogP contribution in [-0.2, 0) is 4.79 Å². The van der Waals surface area contributed by atoms with Gasteiger partial charge in [0.05, 0.1) is 6.57 Å². The zero-order valence-corrected chi connectivity index (χ0v) is 13.9. The third kappa shape index (κ3) is 3.80. The Labute approximate surface area is 152 Å². The Morgan fingerprint density at radius 1 is 0.808 bits per heavy atom. The fraction of sp³-hybridized carbons (Fsp3) is 0. The highest BCUT2D eigenvalue weighted by Gasteiger charge is 2.12. The Bertz CT molecular complexity index is 917. The lowest BCUT2D eigenvalue weighted by Crippen LogP contribution is -2.09. The van der Waals surface area contributed by atoms with Gasteiger partial charge >= 0.3 is 5.97 Å². The summed E-state index contributed by atoms with van der Waals surface area (Å²) in [5, 5.41) is 8.98. The molecule has 0 atom stereocenters. The predicted molar refractivity (Wildman–Crippen MR) is 103 cm³/mol. The minimum absolute atomic E-state index is 0.305. The maximum atomic E-state index is 11.0. The van der Waals surface area contributed by atoms with E-state index in [9.17, 15) is 4.79 Å². The number of carbonyl (C=O) groups is 1. The Hall–Kier alpha value is -3.84. The number of rotatable bonds is 5. The summed E-state index contributed by atoms with van der Waals surface area (Å²) in [5.41, 5.74) is 3.35. The molecule has 0 heterocycles. The van der Waals surface area contributed by atoms with Crippen LogP contribution in [0.1, 0.15) is 5.56 Å². The third-order valence-corrected chi connectivity index (χ3v) is 3.82. The molecule has 4 heteroatoms. The molecule has 3 aromatic carbocycles. The van der Waals surface area contributed by atoms with Gasteiger partial charge in [-0.25, -0.2) is 4.85 Å². The smallest absolute Gasteiger partial charge is 0.333 e. The molecule has 0 unspecified atom stereocenters. The van der Waals surface area contributed by atoms with Crippen molar-refractivity contribution in [3.63, 3.8) is 0 Å². The van der Waals surface area contributed by atoms with E-state index in [1.807, 2.05) is 84.9 Å². The molecule has 26 heavy (non-hydrogen) atoms. The molecule has 4 nitrogen and oxygen atoms in total. The molecule has 0 amide bonds. The van der Waals surface area contributed by atoms with Gasteiger partial charge in [0.15, 0.2) is 0 Å². The van der Waals surface area contributed by atoms with Crippen LogP contribution >= 0.6 is 0 Å². The van der Waals surface area contributed by atoms with Crippen LogP contribution < -0.4 is 4.90 Å². The first-order valence-electron chi connectivity index (χ1n) is 8.02. The molecule has 0 fully saturated rings. The van der Waals surface area contributed by atoms with Crippen molar-refractivity contribution < 1.29 is 9.90 Å². The molecule has 0 bridgehead atoms. The van der Waals surface area contributed by atoms with Crippen molar-refractivity contribution >= 4 is 29.1 Å². The molecule has 0 saturated heterocycles. The fourth-order valence-electron chi connectivity index (χ4n) is 2.62. The summed E-state index contributed by atoms with van der Waals surface area (Å²) in [5.74, 6) is -1.22. The van der Waals surface area contributed by atoms with Crippen molar-refractivity contribution in [3.05, 3.63) is 108 Å². The number of aliphatic carboxylic acids is 1. The fourth-order valence-corrected chi connectivity index (χ4v) is 2.62. The van der Waals surface area contributed by atoms with Gasteiger partial charge in [0.1, 0.15) is 0 Å². The van der Waals surface area contributed by atoms with E-state index in [1.54, 1.807) is 0 Å². The molecule has 0 spiro atoms. The zero-order valence-electron chi connectivity index (χ0n) is 13.9. The van der Waals surface area contributed by atoms with Gasteiger partial charge in [-0.2, -0.15) is 0 Å². The summed E-state index contributed by atoms with van der Waals surface area (Å²) >= 11 is 0. The summed E-state index contributed by atoms with van der Waals surface area (Å²) < 4.78 is 0. The van der Waals surface area contributed by atoms with Gasteiger partial charge in [0, 0.05) is 17.1 Å². The largest absolute Gasteiger partial charge is 0.486 e. The van der Waals surface area contributed by atoms with Crippen molar-refractivity contribution in [3.8, 4) is 0 Å². The number of benzene rings is 3. The molecule has 0 aliphatic carbocycles. The highest BCUT2D eigenvalue weighted by molar-refractivity contribution is 5.94. The lowest BCUT2D eigenvalue weighted by Gasteiger charge is -2.25. The van der Waals surface area contributed by atoms with E-state index in [2.05, 4.69) is 9.74 Å². The van der Waals surface area contributed by atoms with Crippen molar-refractivity contribution in [2.24, 2.45) is 0 Å². The van der Waals surface area contributed by atoms with Gasteiger partial charge in [-0.3, -0.25) is 4.79 Å². The van der Waals surface area contributed by atoms with Crippen molar-refractivity contribution in [2.45, 2.75) is 0 Å². The number of nitrogens with zero attached hydrogens (tertiary/aromatic N) is 2. The normalized spacial score (nSPS) is 10.8. The standard InChI is InChI=1S/C22H16N2O2/c1-23-21(22(25)26)16-17-12-14-20(15-13-17)24(18-8-4-2-5-9-18)19-10-6-3-7-11-19/h2-16H,(H,25,26). The summed E-state index contributed by atoms with van der Waals surface area (Å²) in [6.45, 7) is 6.94. The number of hydrogen-bond donors (Lipinski definition) is 1. The molecular weight excluding hydrogens is 324 g/mol. The van der Waals surface area contributed by atoms with Crippen LogP contribution in [-0.4, -0.2) is 11.1 Å². The number of anilines is 3. The Balaban J connectivity index is 2.01. The van der Waals surface area contributed by atoms with Gasteiger partial charge in [0.25, 0.3) is 5.70 Å². The number of hydrogen-bond acceptors (Lipinski definition) is 2. The Morgan fingerprint density at radius 2 is 1.27 bits per heavy atom. The van der Waals surface area contributed by atoms with Crippen molar-refractivity contribution in [1.29, 1.82) is 0 Å². The van der Waals surface area contributed by atoms with E-state index < -0.39 is 5.97 Å². The van der Waals surface area contributed by atoms with E-state index in [0.29, 0.717) is 5.56 Å². The molecule has 0 aliphatic heterocycles. The van der Waals surface area contributed by atoms with E-state index in [-0.39, 0.29) is 5.70 Å². The topological polar surface area (TPSA) is 44.9 Å². The van der Waals surface area contributed by atoms with Crippen LogP contribution in [0, 0.1) is 6.57 Å². The first-order valence-corrected chi connectivity index (χ1v) is 8.02. The van der Waals surface area contributed by atoms with Crippen molar-refractivity contribution in [2.75, 3.05) is 4.90 Å². The number of carboxylic acid groups (broad SMARTS) is 1. The minimum Gasteiger partial charge on any atom is -0.486 e. The molecule has 1 N–H and O–H groups in total. The van der Waals surface area contributed by atoms with Gasteiger partial charge in [0.2, 0.25) is 0 Å². The molecule has 3 rings (SSSR count). The third-order valence-electron chi connectivity index (χ3n) is 3.82. The second-order valence-electron chi connectivity index (χ2n) is 5.54. The molecule has 0 radical (unpaired) electrons. The van der Waals surface area contributed by atoms with Crippen LogP contribution in [0.4, 0.5) is 17.1 Å². The van der Waals surface area contributed by atoms with Gasteiger partial charge < -0.3 is 10.0 Å². The van der Waals surface area contributed by atoms with Gasteiger partial charge in [-0.05, 0) is 48.0 Å². The lowest BCUT2D eigenvalue weighted by atomic mass is 10.1. The molecule has 0 aromatic heterocycles. The minimum atomic E-state index is -1.22. The van der Waals surface area contributed by atoms with Crippen LogP contribution in [0.5, 0.6) is 0 Å². The summed E-state index contributed by atoms with van der Waals surface area (Å²) in [4.78, 5) is 16.1. The SMILES string of the molecule is [C-]#[N+]C(=Cc1ccc(N(c2ccccc2)c2ccccc2)cc1)C(=O)O. The van der Waals surface area contributed by atoms with E-state index >= 15 is 0 Å². The predicted octanol–water partition coefficient (Wildman–Crippen LogP) is 5.50. The second kappa shape index (κ2) is 7.82. The highest BCUT2D eigenvalue weighted by Crippen LogP contribution is 2.34. The van der Waals surface area contributed by atoms with Crippen LogP contribution in [0.15, 0.2) is 90.6 Å². The van der Waals surface area contributed by atoms with Crippen molar-refractivity contribution in [1.82, 2.24) is 0 Å². The lowest BCUT2D eigenvalue weighted by molar-refractivity contribution is -0.132. The number of carboxylic acids is 1. The Morgan fingerprint density at radius 3 is 1.69 bits per heavy atom. The monoisotopic (exact) mass is 340 g/mol. The molecular formula is C22H16N2O2. The van der Waals surface area contributed by atoms with Crippen LogP contribution in [0.25, 0.3) is 10.9 Å². The average molecular weight is 340 g/mol. The summed E-state index contributed by atoms with van der Waals surface area (Å²) in [7, 11) is 0. The number of para-hydroxylation sites is 2. The average Bonchev–Trinajstić information content (AvgIpc) is 2.69. The maximum absolute atomic E-state index is 11.0. The summed E-state index contributed by atoms with van der Waals surface area (Å²) in [6, 6.07) is 27.4. The van der Waals surface area contributed by atoms with E-state index in [4.69, 9.17) is 11.7 Å². The van der Waals surface area contributed by atoms with Crippen LogP contribution in [0.2, 0.25) is 0 Å². The highest BCUT2D eigenvalue weighted by atomic mass is 16.4. The molecule has 126 valence electrons. The Kier molecular flexibility index (Phi) is 5.11. The van der Waals surface area contributed by atoms with E-state index in [0.717, 1.165) is 17.1 Å². The quantitative estimate of drug-likeness (QED) is 0.492. The second-order valence-corrected chi connectivity index (χ2v) is 5.54. The first kappa shape index (κ1) is 17.0. The van der Waals surface area contributed by atoms with E-state index in [1.165, 1.54) is 6.08 Å². The summed E-state index contributed by atoms with van der Waals surface area (Å²) in [6.07, 6.45) is 1.37. The maximum Gasteiger partial charge on any atom is 0.333 e. The molecule has 0 saturated carbocycles. The zero-order chi connectivity index (χ0) is 18.4.